The molecule has 170 valence electrons. The van der Waals surface area contributed by atoms with Gasteiger partial charge in [0.15, 0.2) is 0 Å². The molecule has 32 heavy (non-hydrogen) atoms. The normalized spacial score (nSPS) is 13.6. The third-order valence-corrected chi connectivity index (χ3v) is 6.04. The van der Waals surface area contributed by atoms with Crippen LogP contribution in [-0.2, 0) is 6.18 Å². The lowest BCUT2D eigenvalue weighted by Gasteiger charge is -2.18. The molecule has 14 heteroatoms. The number of benzene rings is 1. The Bertz CT molecular complexity index is 1140. The van der Waals surface area contributed by atoms with Crippen LogP contribution in [0.2, 0.25) is 10.0 Å². The number of carbonyl (C=O) groups is 1. The van der Waals surface area contributed by atoms with Gasteiger partial charge < -0.3 is 16.2 Å². The predicted molar refractivity (Wildman–Crippen MR) is 114 cm³/mol. The molecule has 2 heterocycles. The van der Waals surface area contributed by atoms with Gasteiger partial charge in [-0.3, -0.25) is 10.1 Å². The topological polar surface area (TPSA) is 126 Å². The summed E-state index contributed by atoms with van der Waals surface area (Å²) in [5.41, 5.74) is 4.78. The summed E-state index contributed by atoms with van der Waals surface area (Å²) in [4.78, 5) is 24.4. The summed E-state index contributed by atoms with van der Waals surface area (Å²) >= 11 is 12.7. The first-order valence-electron chi connectivity index (χ1n) is 8.81. The van der Waals surface area contributed by atoms with E-state index < -0.39 is 34.9 Å². The number of aromatic nitrogens is 3. The maximum atomic E-state index is 12.8. The second-order valence-corrected chi connectivity index (χ2v) is 8.31. The molecule has 2 atom stereocenters. The Morgan fingerprint density at radius 2 is 1.97 bits per heavy atom. The SMILES string of the molecule is CC(NC(O)c1ncnc(N)c1Cl)c1ncc(C(=O)Nc2ccc(C(F)(F)F)c(Cl)c2)s1. The second-order valence-electron chi connectivity index (χ2n) is 6.46. The Kier molecular flexibility index (Phi) is 7.20. The zero-order valence-electron chi connectivity index (χ0n) is 16.1. The van der Waals surface area contributed by atoms with Crippen molar-refractivity contribution in [1.82, 2.24) is 20.3 Å². The fourth-order valence-electron chi connectivity index (χ4n) is 2.58. The average Bonchev–Trinajstić information content (AvgIpc) is 3.19. The van der Waals surface area contributed by atoms with E-state index in [1.165, 1.54) is 6.20 Å². The Morgan fingerprint density at radius 1 is 1.25 bits per heavy atom. The van der Waals surface area contributed by atoms with E-state index in [9.17, 15) is 23.1 Å². The highest BCUT2D eigenvalue weighted by molar-refractivity contribution is 7.13. The van der Waals surface area contributed by atoms with Gasteiger partial charge in [-0.05, 0) is 25.1 Å². The first kappa shape index (κ1) is 24.1. The van der Waals surface area contributed by atoms with E-state index in [2.05, 4.69) is 25.6 Å². The summed E-state index contributed by atoms with van der Waals surface area (Å²) in [6.45, 7) is 1.69. The monoisotopic (exact) mass is 506 g/mol. The molecule has 8 nitrogen and oxygen atoms in total. The third kappa shape index (κ3) is 5.45. The molecule has 0 spiro atoms. The number of nitrogen functional groups attached to an aromatic ring is 1. The van der Waals surface area contributed by atoms with Gasteiger partial charge in [-0.2, -0.15) is 13.2 Å². The van der Waals surface area contributed by atoms with Gasteiger partial charge >= 0.3 is 6.18 Å². The van der Waals surface area contributed by atoms with Gasteiger partial charge in [0.2, 0.25) is 0 Å². The van der Waals surface area contributed by atoms with E-state index in [1.54, 1.807) is 6.92 Å². The van der Waals surface area contributed by atoms with Crippen molar-refractivity contribution in [2.24, 2.45) is 0 Å². The van der Waals surface area contributed by atoms with Gasteiger partial charge in [0.05, 0.1) is 22.8 Å². The van der Waals surface area contributed by atoms with E-state index in [1.807, 2.05) is 0 Å². The number of nitrogens with two attached hydrogens (primary N) is 1. The molecule has 0 aliphatic carbocycles. The van der Waals surface area contributed by atoms with E-state index in [-0.39, 0.29) is 27.1 Å². The molecule has 3 rings (SSSR count). The van der Waals surface area contributed by atoms with Crippen LogP contribution in [0.25, 0.3) is 0 Å². The van der Waals surface area contributed by atoms with Crippen LogP contribution in [0.4, 0.5) is 24.7 Å². The number of carbonyl (C=O) groups excluding carboxylic acids is 1. The molecule has 0 bridgehead atoms. The number of aliphatic hydroxyl groups excluding tert-OH is 1. The molecular weight excluding hydrogens is 492 g/mol. The minimum atomic E-state index is -4.60. The number of hydrogen-bond donors (Lipinski definition) is 4. The summed E-state index contributed by atoms with van der Waals surface area (Å²) in [5.74, 6) is -0.564. The minimum absolute atomic E-state index is 0.00843. The maximum absolute atomic E-state index is 12.8. The van der Waals surface area contributed by atoms with Crippen molar-refractivity contribution in [3.05, 3.63) is 61.9 Å². The quantitative estimate of drug-likeness (QED) is 0.364. The highest BCUT2D eigenvalue weighted by Crippen LogP contribution is 2.36. The number of nitrogens with one attached hydrogen (secondary N) is 2. The van der Waals surface area contributed by atoms with Gasteiger partial charge in [-0.25, -0.2) is 15.0 Å². The summed E-state index contributed by atoms with van der Waals surface area (Å²) in [7, 11) is 0. The smallest absolute Gasteiger partial charge is 0.382 e. The third-order valence-electron chi connectivity index (χ3n) is 4.16. The largest absolute Gasteiger partial charge is 0.417 e. The molecule has 0 fully saturated rings. The van der Waals surface area contributed by atoms with E-state index in [0.717, 1.165) is 35.9 Å². The van der Waals surface area contributed by atoms with Crippen LogP contribution in [0.5, 0.6) is 0 Å². The number of anilines is 2. The first-order chi connectivity index (χ1) is 15.0. The van der Waals surface area contributed by atoms with Crippen LogP contribution in [-0.4, -0.2) is 26.0 Å². The van der Waals surface area contributed by atoms with Crippen molar-refractivity contribution in [2.45, 2.75) is 25.4 Å². The summed E-state index contributed by atoms with van der Waals surface area (Å²) in [6, 6.07) is 2.40. The van der Waals surface area contributed by atoms with Gasteiger partial charge in [0.1, 0.15) is 39.0 Å². The molecule has 1 amide bonds. The van der Waals surface area contributed by atoms with Crippen molar-refractivity contribution in [3.8, 4) is 0 Å². The lowest BCUT2D eigenvalue weighted by molar-refractivity contribution is -0.137. The van der Waals surface area contributed by atoms with Crippen LogP contribution in [0.15, 0.2) is 30.7 Å². The number of halogens is 5. The van der Waals surface area contributed by atoms with E-state index in [4.69, 9.17) is 28.9 Å². The van der Waals surface area contributed by atoms with Gasteiger partial charge in [-0.1, -0.05) is 23.2 Å². The molecule has 2 unspecified atom stereocenters. The van der Waals surface area contributed by atoms with Crippen molar-refractivity contribution >= 4 is 52.0 Å². The standard InChI is InChI=1S/C18H15Cl2F3N6O2S/c1-7(28-16(31)13-12(20)14(24)27-6-26-13)17-25-5-11(32-17)15(30)29-8-2-3-9(10(19)4-8)18(21,22)23/h2-7,16,28,31H,1H3,(H,29,30)(H2,24,26,27). The van der Waals surface area contributed by atoms with Gasteiger partial charge in [0, 0.05) is 5.69 Å². The lowest BCUT2D eigenvalue weighted by Crippen LogP contribution is -2.25. The Hall–Kier alpha value is -2.51. The molecular formula is C18H15Cl2F3N6O2S. The molecule has 1 aromatic carbocycles. The number of alkyl halides is 3. The number of amides is 1. The predicted octanol–water partition coefficient (Wildman–Crippen LogP) is 4.43. The molecule has 0 saturated heterocycles. The van der Waals surface area contributed by atoms with Crippen LogP contribution in [0.1, 0.15) is 45.1 Å². The van der Waals surface area contributed by atoms with Crippen molar-refractivity contribution < 1.29 is 23.1 Å². The Balaban J connectivity index is 1.67. The Labute approximate surface area is 193 Å². The highest BCUT2D eigenvalue weighted by Gasteiger charge is 2.33. The summed E-state index contributed by atoms with van der Waals surface area (Å²) in [5, 5.41) is 15.6. The number of thiazole rings is 1. The van der Waals surface area contributed by atoms with Crippen molar-refractivity contribution in [3.63, 3.8) is 0 Å². The van der Waals surface area contributed by atoms with Crippen LogP contribution >= 0.6 is 34.5 Å². The first-order valence-corrected chi connectivity index (χ1v) is 10.4. The molecule has 0 aliphatic heterocycles. The lowest BCUT2D eigenvalue weighted by atomic mass is 10.2. The Morgan fingerprint density at radius 3 is 2.62 bits per heavy atom. The van der Waals surface area contributed by atoms with Crippen molar-refractivity contribution in [2.75, 3.05) is 11.1 Å². The number of hydrogen-bond acceptors (Lipinski definition) is 8. The molecule has 0 saturated carbocycles. The minimum Gasteiger partial charge on any atom is -0.382 e. The zero-order valence-corrected chi connectivity index (χ0v) is 18.4. The maximum Gasteiger partial charge on any atom is 0.417 e. The molecule has 3 aromatic rings. The molecule has 0 aliphatic rings. The van der Waals surface area contributed by atoms with Gasteiger partial charge in [-0.15, -0.1) is 11.3 Å². The highest BCUT2D eigenvalue weighted by atomic mass is 35.5. The molecule has 0 radical (unpaired) electrons. The second kappa shape index (κ2) is 9.55. The molecule has 5 N–H and O–H groups in total. The van der Waals surface area contributed by atoms with Crippen LogP contribution < -0.4 is 16.4 Å². The van der Waals surface area contributed by atoms with Crippen LogP contribution in [0, 0.1) is 0 Å². The number of rotatable bonds is 6. The average molecular weight is 507 g/mol. The van der Waals surface area contributed by atoms with E-state index in [0.29, 0.717) is 5.01 Å². The fraction of sp³-hybridized carbons (Fsp3) is 0.222. The van der Waals surface area contributed by atoms with Crippen LogP contribution in [0.3, 0.4) is 0 Å². The number of aliphatic hydroxyl groups is 1. The summed E-state index contributed by atoms with van der Waals surface area (Å²) < 4.78 is 38.4. The number of nitrogens with zero attached hydrogens (tertiary/aromatic N) is 3. The fourth-order valence-corrected chi connectivity index (χ4v) is 3.90. The van der Waals surface area contributed by atoms with Crippen molar-refractivity contribution in [1.29, 1.82) is 0 Å². The molecule has 2 aromatic heterocycles. The van der Waals surface area contributed by atoms with Gasteiger partial charge in [0.25, 0.3) is 5.91 Å². The zero-order chi connectivity index (χ0) is 23.6. The van der Waals surface area contributed by atoms with E-state index >= 15 is 0 Å². The summed E-state index contributed by atoms with van der Waals surface area (Å²) in [6.07, 6.45) is -3.41.